The SMILES string of the molecule is COc1ccc(Cl)cc1N(CC(=O)NCCCOC1CCCCC1)S(=O)(=O)c1ccc(C)c([N+](=O)[O-])c1. The van der Waals surface area contributed by atoms with E-state index in [0.717, 1.165) is 23.2 Å². The average molecular weight is 554 g/mol. The number of nitro benzene ring substituents is 1. The lowest BCUT2D eigenvalue weighted by Gasteiger charge is -2.26. The van der Waals surface area contributed by atoms with Crippen LogP contribution in [0.5, 0.6) is 5.75 Å². The highest BCUT2D eigenvalue weighted by molar-refractivity contribution is 7.92. The fraction of sp³-hybridized carbons (Fsp3) is 0.480. The fourth-order valence-corrected chi connectivity index (χ4v) is 5.81. The van der Waals surface area contributed by atoms with E-state index in [4.69, 9.17) is 21.1 Å². The molecule has 10 nitrogen and oxygen atoms in total. The van der Waals surface area contributed by atoms with Crippen molar-refractivity contribution >= 4 is 38.9 Å². The Morgan fingerprint density at radius 1 is 1.19 bits per heavy atom. The number of ether oxygens (including phenoxy) is 2. The second-order valence-electron chi connectivity index (χ2n) is 8.87. The van der Waals surface area contributed by atoms with E-state index in [9.17, 15) is 23.3 Å². The molecule has 1 aliphatic rings. The quantitative estimate of drug-likeness (QED) is 0.231. The summed E-state index contributed by atoms with van der Waals surface area (Å²) in [5.41, 5.74) is -0.000430. The zero-order chi connectivity index (χ0) is 27.0. The maximum Gasteiger partial charge on any atom is 0.273 e. The van der Waals surface area contributed by atoms with Gasteiger partial charge in [-0.25, -0.2) is 8.42 Å². The van der Waals surface area contributed by atoms with Crippen LogP contribution in [0.1, 0.15) is 44.1 Å². The van der Waals surface area contributed by atoms with Crippen LogP contribution in [0, 0.1) is 17.0 Å². The Hall–Kier alpha value is -2.89. The van der Waals surface area contributed by atoms with E-state index in [1.807, 2.05) is 0 Å². The van der Waals surface area contributed by atoms with Crippen molar-refractivity contribution in [2.45, 2.75) is 56.4 Å². The summed E-state index contributed by atoms with van der Waals surface area (Å²) in [7, 11) is -3.05. The van der Waals surface area contributed by atoms with E-state index < -0.39 is 27.4 Å². The lowest BCUT2D eigenvalue weighted by molar-refractivity contribution is -0.385. The normalized spacial score (nSPS) is 14.2. The molecule has 1 saturated carbocycles. The molecular formula is C25H32ClN3O7S. The molecule has 2 aromatic rings. The van der Waals surface area contributed by atoms with Crippen molar-refractivity contribution in [1.29, 1.82) is 0 Å². The number of rotatable bonds is 12. The van der Waals surface area contributed by atoms with Gasteiger partial charge in [0.25, 0.3) is 15.7 Å². The van der Waals surface area contributed by atoms with Crippen molar-refractivity contribution in [3.8, 4) is 5.75 Å². The minimum Gasteiger partial charge on any atom is -0.495 e. The first kappa shape index (κ1) is 28.7. The van der Waals surface area contributed by atoms with Gasteiger partial charge in [0.05, 0.1) is 28.7 Å². The third-order valence-corrected chi connectivity index (χ3v) is 8.20. The molecule has 1 amide bonds. The van der Waals surface area contributed by atoms with Crippen LogP contribution in [0.15, 0.2) is 41.3 Å². The minimum atomic E-state index is -4.42. The molecule has 1 fully saturated rings. The molecule has 0 atom stereocenters. The summed E-state index contributed by atoms with van der Waals surface area (Å²) >= 11 is 6.14. The van der Waals surface area contributed by atoms with Gasteiger partial charge < -0.3 is 14.8 Å². The van der Waals surface area contributed by atoms with Gasteiger partial charge in [0, 0.05) is 29.8 Å². The first-order chi connectivity index (χ1) is 17.6. The van der Waals surface area contributed by atoms with Gasteiger partial charge in [-0.3, -0.25) is 19.2 Å². The number of nitro groups is 1. The Labute approximate surface area is 222 Å². The first-order valence-electron chi connectivity index (χ1n) is 12.1. The number of anilines is 1. The maximum atomic E-state index is 13.7. The van der Waals surface area contributed by atoms with Gasteiger partial charge in [-0.05, 0) is 50.5 Å². The summed E-state index contributed by atoms with van der Waals surface area (Å²) in [5.74, 6) is -0.381. The van der Waals surface area contributed by atoms with E-state index in [2.05, 4.69) is 5.32 Å². The zero-order valence-electron chi connectivity index (χ0n) is 20.9. The van der Waals surface area contributed by atoms with Crippen LogP contribution in [0.3, 0.4) is 0 Å². The molecule has 0 radical (unpaired) electrons. The number of amides is 1. The van der Waals surface area contributed by atoms with Gasteiger partial charge in [-0.2, -0.15) is 0 Å². The molecule has 2 aromatic carbocycles. The molecule has 0 spiro atoms. The standard InChI is InChI=1S/C25H32ClN3O7S/c1-18-9-11-21(16-22(18)29(31)32)37(33,34)28(23-15-19(26)10-12-24(23)35-2)17-25(30)27-13-6-14-36-20-7-4-3-5-8-20/h9-12,15-16,20H,3-8,13-14,17H2,1-2H3,(H,27,30). The Balaban J connectivity index is 1.79. The number of aryl methyl sites for hydroxylation is 1. The van der Waals surface area contributed by atoms with Gasteiger partial charge in [0.15, 0.2) is 0 Å². The molecular weight excluding hydrogens is 522 g/mol. The van der Waals surface area contributed by atoms with Crippen LogP contribution in [0.2, 0.25) is 5.02 Å². The van der Waals surface area contributed by atoms with Crippen molar-refractivity contribution in [2.75, 3.05) is 31.1 Å². The molecule has 37 heavy (non-hydrogen) atoms. The van der Waals surface area contributed by atoms with Crippen molar-refractivity contribution in [1.82, 2.24) is 5.32 Å². The molecule has 1 aliphatic carbocycles. The third-order valence-electron chi connectivity index (χ3n) is 6.21. The van der Waals surface area contributed by atoms with Crippen molar-refractivity contribution in [2.24, 2.45) is 0 Å². The number of hydrogen-bond donors (Lipinski definition) is 1. The number of carbonyl (C=O) groups is 1. The first-order valence-corrected chi connectivity index (χ1v) is 13.9. The summed E-state index contributed by atoms with van der Waals surface area (Å²) in [6, 6.07) is 7.98. The molecule has 0 aliphatic heterocycles. The maximum absolute atomic E-state index is 13.7. The summed E-state index contributed by atoms with van der Waals surface area (Å²) in [6.45, 7) is 1.74. The number of nitrogens with one attached hydrogen (secondary N) is 1. The van der Waals surface area contributed by atoms with E-state index in [1.165, 1.54) is 63.6 Å². The molecule has 0 bridgehead atoms. The summed E-state index contributed by atoms with van der Waals surface area (Å²) in [6.07, 6.45) is 6.53. The minimum absolute atomic E-state index is 0.0361. The molecule has 0 aromatic heterocycles. The predicted molar refractivity (Wildman–Crippen MR) is 141 cm³/mol. The number of sulfonamides is 1. The molecule has 0 saturated heterocycles. The topological polar surface area (TPSA) is 128 Å². The van der Waals surface area contributed by atoms with Crippen LogP contribution in [0.25, 0.3) is 0 Å². The number of nitrogens with zero attached hydrogens (tertiary/aromatic N) is 2. The average Bonchev–Trinajstić information content (AvgIpc) is 2.87. The van der Waals surface area contributed by atoms with Gasteiger partial charge in [0.2, 0.25) is 5.91 Å². The van der Waals surface area contributed by atoms with Crippen molar-refractivity contribution in [3.05, 3.63) is 57.1 Å². The van der Waals surface area contributed by atoms with Crippen LogP contribution in [0.4, 0.5) is 11.4 Å². The van der Waals surface area contributed by atoms with E-state index in [-0.39, 0.29) is 33.1 Å². The highest BCUT2D eigenvalue weighted by atomic mass is 35.5. The Bertz CT molecular complexity index is 1220. The monoisotopic (exact) mass is 553 g/mol. The molecule has 1 N–H and O–H groups in total. The number of benzene rings is 2. The van der Waals surface area contributed by atoms with E-state index >= 15 is 0 Å². The van der Waals surface area contributed by atoms with E-state index in [0.29, 0.717) is 25.1 Å². The smallest absolute Gasteiger partial charge is 0.273 e. The lowest BCUT2D eigenvalue weighted by Crippen LogP contribution is -2.41. The predicted octanol–water partition coefficient (Wildman–Crippen LogP) is 4.62. The Morgan fingerprint density at radius 2 is 1.92 bits per heavy atom. The summed E-state index contributed by atoms with van der Waals surface area (Å²) in [5, 5.41) is 14.4. The molecule has 202 valence electrons. The highest BCUT2D eigenvalue weighted by Gasteiger charge is 2.31. The van der Waals surface area contributed by atoms with Gasteiger partial charge in [-0.15, -0.1) is 0 Å². The molecule has 12 heteroatoms. The largest absolute Gasteiger partial charge is 0.495 e. The van der Waals surface area contributed by atoms with Crippen molar-refractivity contribution < 1.29 is 27.6 Å². The van der Waals surface area contributed by atoms with Gasteiger partial charge in [-0.1, -0.05) is 36.9 Å². The summed E-state index contributed by atoms with van der Waals surface area (Å²) in [4.78, 5) is 23.3. The Kier molecular flexibility index (Phi) is 10.1. The zero-order valence-corrected chi connectivity index (χ0v) is 22.5. The molecule has 0 heterocycles. The lowest BCUT2D eigenvalue weighted by atomic mass is 9.98. The Morgan fingerprint density at radius 3 is 2.59 bits per heavy atom. The molecule has 0 unspecified atom stereocenters. The van der Waals surface area contributed by atoms with E-state index in [1.54, 1.807) is 0 Å². The van der Waals surface area contributed by atoms with Crippen molar-refractivity contribution in [3.63, 3.8) is 0 Å². The van der Waals surface area contributed by atoms with Crippen LogP contribution >= 0.6 is 11.6 Å². The second kappa shape index (κ2) is 13.1. The fourth-order valence-electron chi connectivity index (χ4n) is 4.20. The van der Waals surface area contributed by atoms with Crippen LogP contribution in [-0.2, 0) is 19.6 Å². The van der Waals surface area contributed by atoms with Crippen LogP contribution < -0.4 is 14.4 Å². The van der Waals surface area contributed by atoms with Gasteiger partial charge in [0.1, 0.15) is 12.3 Å². The number of hydrogen-bond acceptors (Lipinski definition) is 7. The molecule has 3 rings (SSSR count). The third kappa shape index (κ3) is 7.56. The number of carbonyl (C=O) groups excluding carboxylic acids is 1. The number of halogens is 1. The van der Waals surface area contributed by atoms with Crippen LogP contribution in [-0.4, -0.2) is 52.2 Å². The number of methoxy groups -OCH3 is 1. The summed E-state index contributed by atoms with van der Waals surface area (Å²) < 4.78 is 39.4. The van der Waals surface area contributed by atoms with Gasteiger partial charge >= 0.3 is 0 Å². The second-order valence-corrected chi connectivity index (χ2v) is 11.2. The highest BCUT2D eigenvalue weighted by Crippen LogP contribution is 2.35.